The largest absolute Gasteiger partial charge is 0.322 e. The number of amides is 2. The number of carbonyl (C=O) groups excluding carboxylic acids is 1. The van der Waals surface area contributed by atoms with Crippen LogP contribution in [0.15, 0.2) is 5.51 Å². The number of hydrogen-bond donors (Lipinski definition) is 2. The molecule has 1 atom stereocenters. The summed E-state index contributed by atoms with van der Waals surface area (Å²) in [6, 6.07) is -0.384. The molecule has 2 amide bonds. The average Bonchev–Trinajstić information content (AvgIpc) is 3.04. The van der Waals surface area contributed by atoms with Crippen LogP contribution in [0.4, 0.5) is 9.80 Å². The smallest absolute Gasteiger partial charge is 0.322 e. The molecule has 2 aliphatic rings. The van der Waals surface area contributed by atoms with E-state index >= 15 is 0 Å². The van der Waals surface area contributed by atoms with Crippen molar-refractivity contribution in [2.75, 3.05) is 31.5 Å². The first-order valence-electron chi connectivity index (χ1n) is 7.14. The highest BCUT2D eigenvalue weighted by molar-refractivity contribution is 7.87. The van der Waals surface area contributed by atoms with Crippen molar-refractivity contribution in [2.24, 2.45) is 0 Å². The molecule has 122 valence electrons. The summed E-state index contributed by atoms with van der Waals surface area (Å²) >= 11 is 1.40. The molecule has 2 fully saturated rings. The van der Waals surface area contributed by atoms with Crippen LogP contribution in [0.5, 0.6) is 0 Å². The Labute approximate surface area is 133 Å². The maximum Gasteiger partial charge on any atom is 0.322 e. The van der Waals surface area contributed by atoms with Crippen LogP contribution in [-0.4, -0.2) is 60.9 Å². The summed E-state index contributed by atoms with van der Waals surface area (Å²) in [6.45, 7) is 5.51. The van der Waals surface area contributed by atoms with E-state index in [1.165, 1.54) is 15.6 Å². The van der Waals surface area contributed by atoms with Gasteiger partial charge in [-0.15, -0.1) is 11.3 Å². The molecule has 0 aliphatic carbocycles. The fourth-order valence-electron chi connectivity index (χ4n) is 2.73. The molecule has 1 unspecified atom stereocenters. The van der Waals surface area contributed by atoms with Crippen molar-refractivity contribution < 1.29 is 13.2 Å². The number of fused-ring (bicyclic) bond motifs is 1. The van der Waals surface area contributed by atoms with Crippen LogP contribution in [0.2, 0.25) is 0 Å². The van der Waals surface area contributed by atoms with Crippen molar-refractivity contribution in [3.05, 3.63) is 11.2 Å². The van der Waals surface area contributed by atoms with Gasteiger partial charge in [0.1, 0.15) is 5.00 Å². The third-order valence-corrected chi connectivity index (χ3v) is 6.28. The molecule has 3 rings (SSSR count). The van der Waals surface area contributed by atoms with E-state index in [4.69, 9.17) is 0 Å². The van der Waals surface area contributed by atoms with E-state index < -0.39 is 10.2 Å². The Morgan fingerprint density at radius 2 is 2.27 bits per heavy atom. The summed E-state index contributed by atoms with van der Waals surface area (Å²) in [5, 5.41) is 3.66. The van der Waals surface area contributed by atoms with Gasteiger partial charge < -0.3 is 4.90 Å². The van der Waals surface area contributed by atoms with Gasteiger partial charge >= 0.3 is 6.03 Å². The van der Waals surface area contributed by atoms with Crippen molar-refractivity contribution in [3.63, 3.8) is 0 Å². The van der Waals surface area contributed by atoms with Gasteiger partial charge in [-0.05, 0) is 5.92 Å². The third kappa shape index (κ3) is 2.83. The number of piperazine rings is 1. The van der Waals surface area contributed by atoms with Crippen LogP contribution < -0.4 is 10.0 Å². The lowest BCUT2D eigenvalue weighted by Gasteiger charge is -2.35. The molecule has 2 aliphatic heterocycles. The highest BCUT2D eigenvalue weighted by Gasteiger charge is 2.41. The van der Waals surface area contributed by atoms with E-state index in [2.05, 4.69) is 15.0 Å². The number of rotatable bonds is 2. The Bertz CT molecular complexity index is 672. The molecule has 0 bridgehead atoms. The Hall–Kier alpha value is -1.23. The summed E-state index contributed by atoms with van der Waals surface area (Å²) < 4.78 is 27.4. The summed E-state index contributed by atoms with van der Waals surface area (Å²) in [5.41, 5.74) is 2.60. The van der Waals surface area contributed by atoms with Gasteiger partial charge in [0.15, 0.2) is 0 Å². The van der Waals surface area contributed by atoms with Gasteiger partial charge in [0.2, 0.25) is 0 Å². The molecule has 0 spiro atoms. The number of anilines is 1. The standard InChI is InChI=1S/C12H19N5O3S2/c1-8(2)10-11(21-7-13-10)15-12(18)16-3-4-17-9(6-16)5-14-22(17,19)20/h7-9,14H,3-6H2,1-2H3,(H,15,18). The highest BCUT2D eigenvalue weighted by atomic mass is 32.2. The molecular formula is C12H19N5O3S2. The van der Waals surface area contributed by atoms with Gasteiger partial charge in [0.25, 0.3) is 10.2 Å². The van der Waals surface area contributed by atoms with Gasteiger partial charge in [-0.3, -0.25) is 5.32 Å². The van der Waals surface area contributed by atoms with E-state index in [0.717, 1.165) is 10.7 Å². The number of nitrogens with one attached hydrogen (secondary N) is 2. The third-order valence-electron chi connectivity index (χ3n) is 3.89. The lowest BCUT2D eigenvalue weighted by Crippen LogP contribution is -2.54. The monoisotopic (exact) mass is 345 g/mol. The summed E-state index contributed by atoms with van der Waals surface area (Å²) in [4.78, 5) is 18.3. The van der Waals surface area contributed by atoms with E-state index in [1.54, 1.807) is 10.4 Å². The van der Waals surface area contributed by atoms with Gasteiger partial charge in [-0.1, -0.05) is 13.8 Å². The van der Waals surface area contributed by atoms with Crippen molar-refractivity contribution >= 4 is 32.6 Å². The van der Waals surface area contributed by atoms with Crippen LogP contribution >= 0.6 is 11.3 Å². The molecular weight excluding hydrogens is 326 g/mol. The zero-order valence-electron chi connectivity index (χ0n) is 12.4. The molecule has 22 heavy (non-hydrogen) atoms. The minimum Gasteiger partial charge on any atom is -0.322 e. The molecule has 10 heteroatoms. The second kappa shape index (κ2) is 5.76. The lowest BCUT2D eigenvalue weighted by atomic mass is 10.1. The molecule has 2 saturated heterocycles. The number of aromatic nitrogens is 1. The lowest BCUT2D eigenvalue weighted by molar-refractivity contribution is 0.161. The van der Waals surface area contributed by atoms with E-state index in [-0.39, 0.29) is 18.0 Å². The predicted octanol–water partition coefficient (Wildman–Crippen LogP) is 0.633. The van der Waals surface area contributed by atoms with E-state index in [9.17, 15) is 13.2 Å². The SMILES string of the molecule is CC(C)c1ncsc1NC(=O)N1CCN2C(CNS2(=O)=O)C1. The molecule has 1 aromatic heterocycles. The first kappa shape index (κ1) is 15.7. The average molecular weight is 345 g/mol. The first-order valence-corrected chi connectivity index (χ1v) is 9.46. The fourth-order valence-corrected chi connectivity index (χ4v) is 4.98. The predicted molar refractivity (Wildman–Crippen MR) is 84.2 cm³/mol. The molecule has 1 aromatic rings. The quantitative estimate of drug-likeness (QED) is 0.822. The zero-order chi connectivity index (χ0) is 15.9. The normalized spacial score (nSPS) is 24.5. The Morgan fingerprint density at radius 1 is 1.50 bits per heavy atom. The molecule has 3 heterocycles. The topological polar surface area (TPSA) is 94.6 Å². The van der Waals surface area contributed by atoms with Crippen LogP contribution in [0.1, 0.15) is 25.5 Å². The van der Waals surface area contributed by atoms with Gasteiger partial charge in [0, 0.05) is 26.2 Å². The Kier molecular flexibility index (Phi) is 4.10. The zero-order valence-corrected chi connectivity index (χ0v) is 14.1. The number of hydrogen-bond acceptors (Lipinski definition) is 5. The van der Waals surface area contributed by atoms with E-state index in [1.807, 2.05) is 13.8 Å². The van der Waals surface area contributed by atoms with Gasteiger partial charge in [-0.2, -0.15) is 12.7 Å². The minimum atomic E-state index is -3.35. The number of carbonyl (C=O) groups is 1. The van der Waals surface area contributed by atoms with Crippen molar-refractivity contribution in [1.82, 2.24) is 18.9 Å². The molecule has 0 saturated carbocycles. The van der Waals surface area contributed by atoms with Crippen molar-refractivity contribution in [3.8, 4) is 0 Å². The van der Waals surface area contributed by atoms with Crippen molar-refractivity contribution in [1.29, 1.82) is 0 Å². The number of thiazole rings is 1. The second-order valence-electron chi connectivity index (χ2n) is 5.72. The first-order chi connectivity index (χ1) is 10.4. The van der Waals surface area contributed by atoms with E-state index in [0.29, 0.717) is 26.2 Å². The maximum absolute atomic E-state index is 12.4. The Balaban J connectivity index is 1.66. The Morgan fingerprint density at radius 3 is 3.00 bits per heavy atom. The summed E-state index contributed by atoms with van der Waals surface area (Å²) in [6.07, 6.45) is 0. The van der Waals surface area contributed by atoms with Gasteiger partial charge in [0.05, 0.1) is 17.2 Å². The molecule has 2 N–H and O–H groups in total. The summed E-state index contributed by atoms with van der Waals surface area (Å²) in [7, 11) is -3.35. The number of nitrogens with zero attached hydrogens (tertiary/aromatic N) is 3. The maximum atomic E-state index is 12.4. The van der Waals surface area contributed by atoms with Crippen molar-refractivity contribution in [2.45, 2.75) is 25.8 Å². The van der Waals surface area contributed by atoms with Gasteiger partial charge in [-0.25, -0.2) is 14.5 Å². The second-order valence-corrected chi connectivity index (χ2v) is 8.28. The van der Waals surface area contributed by atoms with Crippen LogP contribution in [0.25, 0.3) is 0 Å². The van der Waals surface area contributed by atoms with Crippen LogP contribution in [0, 0.1) is 0 Å². The van der Waals surface area contributed by atoms with Crippen LogP contribution in [-0.2, 0) is 10.2 Å². The molecule has 0 radical (unpaired) electrons. The number of urea groups is 1. The minimum absolute atomic E-state index is 0.185. The van der Waals surface area contributed by atoms with Crippen LogP contribution in [0.3, 0.4) is 0 Å². The summed E-state index contributed by atoms with van der Waals surface area (Å²) in [5.74, 6) is 0.238. The fraction of sp³-hybridized carbons (Fsp3) is 0.667. The highest BCUT2D eigenvalue weighted by Crippen LogP contribution is 2.27. The molecule has 0 aromatic carbocycles. The molecule has 8 nitrogen and oxygen atoms in total.